The smallest absolute Gasteiger partial charge is 0.151 e. The van der Waals surface area contributed by atoms with E-state index in [1.54, 1.807) is 0 Å². The second-order valence-corrected chi connectivity index (χ2v) is 3.94. The number of carbonyl (C=O) groups excluding carboxylic acids is 1. The molecule has 0 aliphatic carbocycles. The van der Waals surface area contributed by atoms with Crippen LogP contribution in [0.2, 0.25) is 0 Å². The molecule has 82 valence electrons. The van der Waals surface area contributed by atoms with Crippen molar-refractivity contribution in [3.8, 4) is 0 Å². The van der Waals surface area contributed by atoms with Crippen molar-refractivity contribution in [3.05, 3.63) is 35.7 Å². The Morgan fingerprint density at radius 2 is 2.27 bits per heavy atom. The Hall–Kier alpha value is -1.31. The van der Waals surface area contributed by atoms with Gasteiger partial charge in [-0.3, -0.25) is 4.79 Å². The predicted octanol–water partition coefficient (Wildman–Crippen LogP) is 3.31. The summed E-state index contributed by atoms with van der Waals surface area (Å²) < 4.78 is 2.17. The topological polar surface area (TPSA) is 22.0 Å². The van der Waals surface area contributed by atoms with Crippen LogP contribution >= 0.6 is 0 Å². The first kappa shape index (κ1) is 11.8. The van der Waals surface area contributed by atoms with Crippen LogP contribution < -0.4 is 0 Å². The van der Waals surface area contributed by atoms with Crippen LogP contribution in [0.15, 0.2) is 18.7 Å². The average Bonchev–Trinajstić information content (AvgIpc) is 2.56. The van der Waals surface area contributed by atoms with Crippen molar-refractivity contribution < 1.29 is 4.79 Å². The quantitative estimate of drug-likeness (QED) is 0.534. The van der Waals surface area contributed by atoms with Crippen molar-refractivity contribution in [2.45, 2.75) is 39.7 Å². The molecule has 0 bridgehead atoms. The lowest BCUT2D eigenvalue weighted by atomic mass is 10.0. The number of carbonyl (C=O) groups is 1. The van der Waals surface area contributed by atoms with Gasteiger partial charge >= 0.3 is 0 Å². The molecule has 0 amide bonds. The predicted molar refractivity (Wildman–Crippen MR) is 63.5 cm³/mol. The summed E-state index contributed by atoms with van der Waals surface area (Å²) in [6.07, 6.45) is 3.88. The van der Waals surface area contributed by atoms with Crippen LogP contribution in [0.3, 0.4) is 0 Å². The number of aldehydes is 1. The zero-order valence-electron chi connectivity index (χ0n) is 9.79. The minimum Gasteiger partial charge on any atom is -0.344 e. The van der Waals surface area contributed by atoms with E-state index in [4.69, 9.17) is 0 Å². The lowest BCUT2D eigenvalue weighted by Gasteiger charge is -2.13. The summed E-state index contributed by atoms with van der Waals surface area (Å²) >= 11 is 0. The van der Waals surface area contributed by atoms with E-state index in [-0.39, 0.29) is 0 Å². The Morgan fingerprint density at radius 3 is 2.73 bits per heavy atom. The molecule has 1 aromatic rings. The van der Waals surface area contributed by atoms with E-state index in [0.29, 0.717) is 5.92 Å². The van der Waals surface area contributed by atoms with E-state index < -0.39 is 0 Å². The molecule has 1 rings (SSSR count). The summed E-state index contributed by atoms with van der Waals surface area (Å²) in [5, 5.41) is 0. The molecule has 2 nitrogen and oxygen atoms in total. The Morgan fingerprint density at radius 1 is 1.60 bits per heavy atom. The van der Waals surface area contributed by atoms with Gasteiger partial charge in [-0.15, -0.1) is 6.58 Å². The fourth-order valence-corrected chi connectivity index (χ4v) is 1.80. The summed E-state index contributed by atoms with van der Waals surface area (Å²) in [7, 11) is 0. The number of rotatable bonds is 5. The lowest BCUT2D eigenvalue weighted by molar-refractivity contribution is 0.112. The molecule has 0 N–H and O–H groups in total. The molecule has 2 heteroatoms. The number of nitrogens with zero attached hydrogens (tertiary/aromatic N) is 1. The van der Waals surface area contributed by atoms with Gasteiger partial charge in [-0.1, -0.05) is 19.9 Å². The highest BCUT2D eigenvalue weighted by molar-refractivity contribution is 5.77. The summed E-state index contributed by atoms with van der Waals surface area (Å²) in [6, 6.07) is 2.00. The van der Waals surface area contributed by atoms with Gasteiger partial charge in [0, 0.05) is 23.5 Å². The highest BCUT2D eigenvalue weighted by Crippen LogP contribution is 2.24. The fourth-order valence-electron chi connectivity index (χ4n) is 1.80. The molecule has 0 aromatic carbocycles. The molecular formula is C13H19NO. The molecule has 0 saturated carbocycles. The van der Waals surface area contributed by atoms with Gasteiger partial charge in [0.15, 0.2) is 6.29 Å². The first-order valence-electron chi connectivity index (χ1n) is 5.41. The van der Waals surface area contributed by atoms with E-state index >= 15 is 0 Å². The summed E-state index contributed by atoms with van der Waals surface area (Å²) in [4.78, 5) is 10.9. The molecular weight excluding hydrogens is 186 g/mol. The van der Waals surface area contributed by atoms with Crippen LogP contribution in [-0.4, -0.2) is 10.9 Å². The van der Waals surface area contributed by atoms with Gasteiger partial charge in [0.25, 0.3) is 0 Å². The van der Waals surface area contributed by atoms with E-state index in [1.807, 2.05) is 19.1 Å². The third-order valence-corrected chi connectivity index (χ3v) is 2.99. The van der Waals surface area contributed by atoms with Crippen LogP contribution in [-0.2, 0) is 6.54 Å². The zero-order chi connectivity index (χ0) is 11.4. The fraction of sp³-hybridized carbons (Fsp3) is 0.462. The van der Waals surface area contributed by atoms with Crippen LogP contribution in [0.25, 0.3) is 0 Å². The third kappa shape index (κ3) is 2.20. The normalized spacial score (nSPS) is 12.5. The molecule has 1 heterocycles. The van der Waals surface area contributed by atoms with Crippen molar-refractivity contribution in [2.75, 3.05) is 0 Å². The van der Waals surface area contributed by atoms with Crippen LogP contribution in [0.1, 0.15) is 47.9 Å². The molecule has 1 atom stereocenters. The van der Waals surface area contributed by atoms with Crippen molar-refractivity contribution in [3.63, 3.8) is 0 Å². The van der Waals surface area contributed by atoms with Crippen molar-refractivity contribution in [1.82, 2.24) is 4.57 Å². The highest BCUT2D eigenvalue weighted by atomic mass is 16.1. The zero-order valence-corrected chi connectivity index (χ0v) is 9.79. The van der Waals surface area contributed by atoms with E-state index in [9.17, 15) is 4.79 Å². The number of hydrogen-bond donors (Lipinski definition) is 0. The van der Waals surface area contributed by atoms with Crippen molar-refractivity contribution in [1.29, 1.82) is 0 Å². The molecule has 0 radical (unpaired) electrons. The van der Waals surface area contributed by atoms with Gasteiger partial charge in [-0.25, -0.2) is 0 Å². The maximum Gasteiger partial charge on any atom is 0.151 e. The summed E-state index contributed by atoms with van der Waals surface area (Å²) in [6.45, 7) is 10.9. The number of aromatic nitrogens is 1. The second kappa shape index (κ2) is 4.96. The first-order chi connectivity index (χ1) is 7.15. The lowest BCUT2D eigenvalue weighted by Crippen LogP contribution is -2.06. The molecule has 1 aromatic heterocycles. The van der Waals surface area contributed by atoms with Crippen molar-refractivity contribution >= 4 is 6.29 Å². The standard InChI is InChI=1S/C13H19NO/c1-5-7-14-11(4)12(9-15)8-13(14)10(3)6-2/h5,8-10H,1,6-7H2,2-4H3. The van der Waals surface area contributed by atoms with Gasteiger partial charge in [0.1, 0.15) is 0 Å². The molecule has 0 fully saturated rings. The molecule has 15 heavy (non-hydrogen) atoms. The Kier molecular flexibility index (Phi) is 3.89. The molecule has 0 spiro atoms. The van der Waals surface area contributed by atoms with Crippen LogP contribution in [0.5, 0.6) is 0 Å². The largest absolute Gasteiger partial charge is 0.344 e. The maximum absolute atomic E-state index is 10.9. The summed E-state index contributed by atoms with van der Waals surface area (Å²) in [5.41, 5.74) is 3.07. The first-order valence-corrected chi connectivity index (χ1v) is 5.41. The number of allylic oxidation sites excluding steroid dienone is 1. The Balaban J connectivity index is 3.23. The van der Waals surface area contributed by atoms with Crippen molar-refractivity contribution in [2.24, 2.45) is 0 Å². The highest BCUT2D eigenvalue weighted by Gasteiger charge is 2.14. The maximum atomic E-state index is 10.9. The van der Waals surface area contributed by atoms with E-state index in [2.05, 4.69) is 25.0 Å². The Bertz CT molecular complexity index is 363. The molecule has 0 saturated heterocycles. The monoisotopic (exact) mass is 205 g/mol. The third-order valence-electron chi connectivity index (χ3n) is 2.99. The van der Waals surface area contributed by atoms with E-state index in [1.165, 1.54) is 5.69 Å². The average molecular weight is 205 g/mol. The van der Waals surface area contributed by atoms with E-state index in [0.717, 1.165) is 30.5 Å². The van der Waals surface area contributed by atoms with Gasteiger partial charge in [0.2, 0.25) is 0 Å². The van der Waals surface area contributed by atoms with Gasteiger partial charge in [-0.05, 0) is 25.3 Å². The minimum atomic E-state index is 0.484. The minimum absolute atomic E-state index is 0.484. The second-order valence-electron chi connectivity index (χ2n) is 3.94. The molecule has 1 unspecified atom stereocenters. The molecule has 0 aliphatic heterocycles. The van der Waals surface area contributed by atoms with Gasteiger partial charge in [0.05, 0.1) is 0 Å². The van der Waals surface area contributed by atoms with Gasteiger partial charge in [-0.2, -0.15) is 0 Å². The number of hydrogen-bond acceptors (Lipinski definition) is 1. The van der Waals surface area contributed by atoms with Crippen LogP contribution in [0, 0.1) is 6.92 Å². The summed E-state index contributed by atoms with van der Waals surface area (Å²) in [5.74, 6) is 0.484. The Labute approximate surface area is 91.6 Å². The molecule has 0 aliphatic rings. The van der Waals surface area contributed by atoms with Gasteiger partial charge < -0.3 is 4.57 Å². The van der Waals surface area contributed by atoms with Crippen LogP contribution in [0.4, 0.5) is 0 Å². The SMILES string of the molecule is C=CCn1c(C(C)CC)cc(C=O)c1C.